The van der Waals surface area contributed by atoms with Gasteiger partial charge in [0.15, 0.2) is 23.9 Å². The molecule has 1 N–H and O–H groups in total. The molecule has 28 heavy (non-hydrogen) atoms. The molecular formula is C21H19NO6. The maximum absolute atomic E-state index is 12.2. The fourth-order valence-electron chi connectivity index (χ4n) is 2.47. The summed E-state index contributed by atoms with van der Waals surface area (Å²) in [4.78, 5) is 36.1. The molecule has 1 heterocycles. The minimum atomic E-state index is -0.891. The Balaban J connectivity index is 1.46. The normalized spacial score (nSPS) is 13.2. The summed E-state index contributed by atoms with van der Waals surface area (Å²) >= 11 is 0. The lowest BCUT2D eigenvalue weighted by Crippen LogP contribution is -2.39. The smallest absolute Gasteiger partial charge is 0.328 e. The fraction of sp³-hybridized carbons (Fsp3) is 0.190. The van der Waals surface area contributed by atoms with E-state index in [1.54, 1.807) is 18.2 Å². The third-order valence-electron chi connectivity index (χ3n) is 3.98. The number of carbonyl (C=O) groups is 3. The number of hydrogen-bond acceptors (Lipinski definition) is 6. The Kier molecular flexibility index (Phi) is 6.06. The van der Waals surface area contributed by atoms with Crippen LogP contribution in [0.15, 0.2) is 54.6 Å². The highest BCUT2D eigenvalue weighted by Crippen LogP contribution is 2.32. The molecule has 1 aliphatic heterocycles. The number of ketones is 1. The number of carbonyl (C=O) groups excluding carboxylic acids is 3. The molecule has 0 unspecified atom stereocenters. The lowest BCUT2D eigenvalue weighted by atomic mass is 10.1. The van der Waals surface area contributed by atoms with Crippen LogP contribution in [0.4, 0.5) is 0 Å². The molecule has 0 radical (unpaired) electrons. The second-order valence-electron chi connectivity index (χ2n) is 6.07. The summed E-state index contributed by atoms with van der Waals surface area (Å²) in [6.45, 7) is 1.16. The van der Waals surface area contributed by atoms with E-state index in [0.717, 1.165) is 5.56 Å². The number of amides is 1. The first-order valence-electron chi connectivity index (χ1n) is 8.66. The van der Waals surface area contributed by atoms with Crippen molar-refractivity contribution < 1.29 is 28.6 Å². The van der Waals surface area contributed by atoms with Crippen molar-refractivity contribution in [3.63, 3.8) is 0 Å². The fourth-order valence-corrected chi connectivity index (χ4v) is 2.47. The van der Waals surface area contributed by atoms with Crippen LogP contribution in [0.1, 0.15) is 22.8 Å². The van der Waals surface area contributed by atoms with Crippen LogP contribution in [-0.4, -0.2) is 37.1 Å². The molecule has 7 nitrogen and oxygen atoms in total. The highest BCUT2D eigenvalue weighted by atomic mass is 16.7. The zero-order chi connectivity index (χ0) is 19.9. The molecule has 144 valence electrons. The molecule has 0 aromatic heterocycles. The van der Waals surface area contributed by atoms with E-state index in [2.05, 4.69) is 5.32 Å². The zero-order valence-electron chi connectivity index (χ0n) is 15.2. The first-order chi connectivity index (χ1) is 13.5. The van der Waals surface area contributed by atoms with Gasteiger partial charge in [0.2, 0.25) is 12.7 Å². The van der Waals surface area contributed by atoms with E-state index < -0.39 is 24.5 Å². The van der Waals surface area contributed by atoms with Gasteiger partial charge in [0.25, 0.3) is 0 Å². The molecule has 2 aromatic carbocycles. The number of Topliss-reactive ketones (excluding diaryl/α,β-unsaturated/α-hetero) is 1. The van der Waals surface area contributed by atoms with E-state index in [9.17, 15) is 14.4 Å². The van der Waals surface area contributed by atoms with Crippen molar-refractivity contribution in [2.45, 2.75) is 13.0 Å². The van der Waals surface area contributed by atoms with Crippen LogP contribution < -0.4 is 14.8 Å². The molecule has 1 aliphatic rings. The summed E-state index contributed by atoms with van der Waals surface area (Å²) < 4.78 is 15.4. The van der Waals surface area contributed by atoms with Gasteiger partial charge < -0.3 is 19.5 Å². The SMILES string of the molecule is C[C@H](NC(=O)/C=C/c1ccccc1)C(=O)OCC(=O)c1ccc2c(c1)OCO2. The standard InChI is InChI=1S/C21H19NO6/c1-14(22-20(24)10-7-15-5-3-2-4-6-15)21(25)26-12-17(23)16-8-9-18-19(11-16)28-13-27-18/h2-11,14H,12-13H2,1H3,(H,22,24)/b10-7+/t14-/m0/s1. The Labute approximate surface area is 161 Å². The largest absolute Gasteiger partial charge is 0.456 e. The molecule has 0 aliphatic carbocycles. The van der Waals surface area contributed by atoms with Crippen molar-refractivity contribution in [3.05, 3.63) is 65.7 Å². The van der Waals surface area contributed by atoms with Gasteiger partial charge in [0, 0.05) is 11.6 Å². The Hall–Kier alpha value is -3.61. The maximum Gasteiger partial charge on any atom is 0.328 e. The Morgan fingerprint density at radius 1 is 1.11 bits per heavy atom. The predicted octanol–water partition coefficient (Wildman–Crippen LogP) is 2.36. The monoisotopic (exact) mass is 381 g/mol. The minimum Gasteiger partial charge on any atom is -0.456 e. The van der Waals surface area contributed by atoms with Crippen LogP contribution in [0.5, 0.6) is 11.5 Å². The van der Waals surface area contributed by atoms with Gasteiger partial charge in [-0.25, -0.2) is 4.79 Å². The van der Waals surface area contributed by atoms with Crippen LogP contribution in [-0.2, 0) is 14.3 Å². The van der Waals surface area contributed by atoms with Gasteiger partial charge in [0.1, 0.15) is 6.04 Å². The molecule has 2 aromatic rings. The number of nitrogens with one attached hydrogen (secondary N) is 1. The number of benzene rings is 2. The lowest BCUT2D eigenvalue weighted by Gasteiger charge is -2.12. The van der Waals surface area contributed by atoms with Crippen molar-refractivity contribution in [1.82, 2.24) is 5.32 Å². The average Bonchev–Trinajstić information content (AvgIpc) is 3.18. The first kappa shape index (κ1) is 19.2. The summed E-state index contributed by atoms with van der Waals surface area (Å²) in [5.41, 5.74) is 1.21. The third-order valence-corrected chi connectivity index (χ3v) is 3.98. The van der Waals surface area contributed by atoms with E-state index in [4.69, 9.17) is 14.2 Å². The second kappa shape index (κ2) is 8.85. The van der Waals surface area contributed by atoms with Gasteiger partial charge in [0.05, 0.1) is 0 Å². The zero-order valence-corrected chi connectivity index (χ0v) is 15.2. The van der Waals surface area contributed by atoms with Crippen LogP contribution in [0, 0.1) is 0 Å². The molecule has 0 fully saturated rings. The highest BCUT2D eigenvalue weighted by Gasteiger charge is 2.20. The van der Waals surface area contributed by atoms with Crippen LogP contribution in [0.3, 0.4) is 0 Å². The van der Waals surface area contributed by atoms with Gasteiger partial charge >= 0.3 is 5.97 Å². The maximum atomic E-state index is 12.2. The number of esters is 1. The quantitative estimate of drug-likeness (QED) is 0.450. The van der Waals surface area contributed by atoms with Gasteiger partial charge in [-0.15, -0.1) is 0 Å². The van der Waals surface area contributed by atoms with Crippen molar-refractivity contribution in [2.75, 3.05) is 13.4 Å². The lowest BCUT2D eigenvalue weighted by molar-refractivity contribution is -0.145. The summed E-state index contributed by atoms with van der Waals surface area (Å²) in [6, 6.07) is 13.1. The Morgan fingerprint density at radius 3 is 2.64 bits per heavy atom. The van der Waals surface area contributed by atoms with E-state index in [1.165, 1.54) is 19.1 Å². The van der Waals surface area contributed by atoms with E-state index in [1.807, 2.05) is 30.3 Å². The molecule has 0 spiro atoms. The third kappa shape index (κ3) is 4.97. The molecule has 3 rings (SSSR count). The molecule has 0 saturated carbocycles. The highest BCUT2D eigenvalue weighted by molar-refractivity contribution is 5.99. The molecule has 0 bridgehead atoms. The topological polar surface area (TPSA) is 90.9 Å². The molecule has 7 heteroatoms. The number of fused-ring (bicyclic) bond motifs is 1. The van der Waals surface area contributed by atoms with Crippen LogP contribution in [0.25, 0.3) is 6.08 Å². The van der Waals surface area contributed by atoms with Crippen molar-refractivity contribution in [2.24, 2.45) is 0 Å². The number of rotatable bonds is 7. The van der Waals surface area contributed by atoms with Gasteiger partial charge in [-0.2, -0.15) is 0 Å². The van der Waals surface area contributed by atoms with E-state index >= 15 is 0 Å². The Bertz CT molecular complexity index is 906. The molecule has 1 amide bonds. The van der Waals surface area contributed by atoms with Crippen LogP contribution >= 0.6 is 0 Å². The van der Waals surface area contributed by atoms with Gasteiger partial charge in [-0.05, 0) is 36.8 Å². The van der Waals surface area contributed by atoms with Gasteiger partial charge in [-0.1, -0.05) is 30.3 Å². The number of ether oxygens (including phenoxy) is 3. The summed E-state index contributed by atoms with van der Waals surface area (Å²) in [5, 5.41) is 2.50. The van der Waals surface area contributed by atoms with Crippen molar-refractivity contribution in [3.8, 4) is 11.5 Å². The van der Waals surface area contributed by atoms with E-state index in [0.29, 0.717) is 17.1 Å². The van der Waals surface area contributed by atoms with E-state index in [-0.39, 0.29) is 12.6 Å². The Morgan fingerprint density at radius 2 is 1.86 bits per heavy atom. The minimum absolute atomic E-state index is 0.109. The first-order valence-corrected chi connectivity index (χ1v) is 8.66. The molecular weight excluding hydrogens is 362 g/mol. The molecule has 1 atom stereocenters. The predicted molar refractivity (Wildman–Crippen MR) is 101 cm³/mol. The summed E-state index contributed by atoms with van der Waals surface area (Å²) in [7, 11) is 0. The second-order valence-corrected chi connectivity index (χ2v) is 6.07. The van der Waals surface area contributed by atoms with Crippen molar-refractivity contribution in [1.29, 1.82) is 0 Å². The number of hydrogen-bond donors (Lipinski definition) is 1. The van der Waals surface area contributed by atoms with Gasteiger partial charge in [-0.3, -0.25) is 9.59 Å². The summed E-state index contributed by atoms with van der Waals surface area (Å²) in [5.74, 6) is -0.475. The van der Waals surface area contributed by atoms with Crippen LogP contribution in [0.2, 0.25) is 0 Å². The summed E-state index contributed by atoms with van der Waals surface area (Å²) in [6.07, 6.45) is 2.97. The average molecular weight is 381 g/mol. The van der Waals surface area contributed by atoms with Crippen molar-refractivity contribution >= 4 is 23.7 Å². The molecule has 0 saturated heterocycles.